The number of ether oxygens (including phenoxy) is 1. The smallest absolute Gasteiger partial charge is 0.406 e. The molecule has 0 aliphatic heterocycles. The van der Waals surface area contributed by atoms with Crippen molar-refractivity contribution in [3.63, 3.8) is 0 Å². The third kappa shape index (κ3) is 4.08. The largest absolute Gasteiger partial charge is 0.573 e. The zero-order chi connectivity index (χ0) is 12.2. The molecule has 1 aromatic carbocycles. The number of hydrogen-bond acceptors (Lipinski definition) is 3. The summed E-state index contributed by atoms with van der Waals surface area (Å²) in [4.78, 5) is 0. The Morgan fingerprint density at radius 1 is 1.44 bits per heavy atom. The molecule has 6 heteroatoms. The van der Waals surface area contributed by atoms with E-state index in [4.69, 9.17) is 0 Å². The molecular formula is C10H12F3NO2. The molecule has 0 amide bonds. The molecule has 1 unspecified atom stereocenters. The summed E-state index contributed by atoms with van der Waals surface area (Å²) in [5, 5.41) is 12.3. The van der Waals surface area contributed by atoms with Crippen molar-refractivity contribution < 1.29 is 23.0 Å². The van der Waals surface area contributed by atoms with Crippen molar-refractivity contribution in [1.82, 2.24) is 5.32 Å². The zero-order valence-corrected chi connectivity index (χ0v) is 8.58. The van der Waals surface area contributed by atoms with Crippen LogP contribution >= 0.6 is 0 Å². The van der Waals surface area contributed by atoms with E-state index in [0.717, 1.165) is 6.07 Å². The molecule has 3 nitrogen and oxygen atoms in total. The van der Waals surface area contributed by atoms with Crippen LogP contribution in [0.5, 0.6) is 5.75 Å². The van der Waals surface area contributed by atoms with Gasteiger partial charge in [0.05, 0.1) is 6.10 Å². The molecule has 0 radical (unpaired) electrons. The topological polar surface area (TPSA) is 41.5 Å². The lowest BCUT2D eigenvalue weighted by atomic mass is 10.1. The minimum atomic E-state index is -4.72. The second-order valence-electron chi connectivity index (χ2n) is 3.19. The van der Waals surface area contributed by atoms with Gasteiger partial charge in [0.2, 0.25) is 0 Å². The first-order valence-electron chi connectivity index (χ1n) is 4.61. The quantitative estimate of drug-likeness (QED) is 0.836. The van der Waals surface area contributed by atoms with Gasteiger partial charge in [0.1, 0.15) is 5.75 Å². The van der Waals surface area contributed by atoms with Gasteiger partial charge >= 0.3 is 6.36 Å². The maximum Gasteiger partial charge on any atom is 0.573 e. The van der Waals surface area contributed by atoms with Crippen molar-refractivity contribution in [2.24, 2.45) is 0 Å². The van der Waals surface area contributed by atoms with Crippen LogP contribution in [0, 0.1) is 0 Å². The summed E-state index contributed by atoms with van der Waals surface area (Å²) in [6.07, 6.45) is -5.58. The van der Waals surface area contributed by atoms with Crippen molar-refractivity contribution in [1.29, 1.82) is 0 Å². The van der Waals surface area contributed by atoms with Crippen LogP contribution in [0.15, 0.2) is 24.3 Å². The van der Waals surface area contributed by atoms with E-state index in [1.807, 2.05) is 0 Å². The molecule has 0 saturated carbocycles. The maximum atomic E-state index is 11.9. The van der Waals surface area contributed by atoms with E-state index < -0.39 is 12.5 Å². The first-order valence-corrected chi connectivity index (χ1v) is 4.61. The molecule has 0 bridgehead atoms. The van der Waals surface area contributed by atoms with Crippen LogP contribution in [0.25, 0.3) is 0 Å². The number of alkyl halides is 3. The molecule has 0 aliphatic carbocycles. The third-order valence-corrected chi connectivity index (χ3v) is 1.87. The first kappa shape index (κ1) is 12.8. The predicted octanol–water partition coefficient (Wildman–Crippen LogP) is 1.84. The number of likely N-dealkylation sites (N-methyl/N-ethyl adjacent to an activating group) is 1. The minimum absolute atomic E-state index is 0.259. The normalized spacial score (nSPS) is 13.6. The van der Waals surface area contributed by atoms with Crippen LogP contribution in [0.1, 0.15) is 11.7 Å². The Labute approximate surface area is 90.8 Å². The van der Waals surface area contributed by atoms with Crippen LogP contribution in [-0.4, -0.2) is 25.1 Å². The zero-order valence-electron chi connectivity index (χ0n) is 8.58. The molecule has 90 valence electrons. The van der Waals surface area contributed by atoms with Gasteiger partial charge in [-0.3, -0.25) is 0 Å². The third-order valence-electron chi connectivity index (χ3n) is 1.87. The summed E-state index contributed by atoms with van der Waals surface area (Å²) in [6.45, 7) is 0.259. The molecule has 16 heavy (non-hydrogen) atoms. The average molecular weight is 235 g/mol. The Morgan fingerprint density at radius 2 is 2.12 bits per heavy atom. The molecular weight excluding hydrogens is 223 g/mol. The summed E-state index contributed by atoms with van der Waals surface area (Å²) >= 11 is 0. The summed E-state index contributed by atoms with van der Waals surface area (Å²) in [5.41, 5.74) is 0.371. The number of benzene rings is 1. The monoisotopic (exact) mass is 235 g/mol. The Kier molecular flexibility index (Phi) is 4.14. The van der Waals surface area contributed by atoms with E-state index in [9.17, 15) is 18.3 Å². The van der Waals surface area contributed by atoms with Crippen LogP contribution in [0.4, 0.5) is 13.2 Å². The molecule has 0 saturated heterocycles. The van der Waals surface area contributed by atoms with Crippen molar-refractivity contribution in [3.05, 3.63) is 29.8 Å². The average Bonchev–Trinajstić information content (AvgIpc) is 2.16. The lowest BCUT2D eigenvalue weighted by Gasteiger charge is -2.13. The Balaban J connectivity index is 2.78. The highest BCUT2D eigenvalue weighted by molar-refractivity contribution is 5.30. The summed E-state index contributed by atoms with van der Waals surface area (Å²) in [5.74, 6) is -0.333. The number of aliphatic hydroxyl groups is 1. The maximum absolute atomic E-state index is 11.9. The van der Waals surface area contributed by atoms with Crippen molar-refractivity contribution in [2.75, 3.05) is 13.6 Å². The predicted molar refractivity (Wildman–Crippen MR) is 52.0 cm³/mol. The van der Waals surface area contributed by atoms with Crippen LogP contribution in [0.3, 0.4) is 0 Å². The number of nitrogens with one attached hydrogen (secondary N) is 1. The van der Waals surface area contributed by atoms with Gasteiger partial charge in [0, 0.05) is 6.54 Å². The Bertz CT molecular complexity index is 341. The van der Waals surface area contributed by atoms with Crippen LogP contribution < -0.4 is 10.1 Å². The molecule has 1 aromatic rings. The van der Waals surface area contributed by atoms with Crippen molar-refractivity contribution in [3.8, 4) is 5.75 Å². The summed E-state index contributed by atoms with van der Waals surface area (Å²) < 4.78 is 39.5. The molecule has 0 heterocycles. The van der Waals surface area contributed by atoms with Crippen molar-refractivity contribution >= 4 is 0 Å². The van der Waals surface area contributed by atoms with E-state index in [0.29, 0.717) is 5.56 Å². The summed E-state index contributed by atoms with van der Waals surface area (Å²) in [7, 11) is 1.64. The van der Waals surface area contributed by atoms with Gasteiger partial charge in [-0.25, -0.2) is 0 Å². The highest BCUT2D eigenvalue weighted by Crippen LogP contribution is 2.25. The van der Waals surface area contributed by atoms with E-state index in [-0.39, 0.29) is 12.3 Å². The highest BCUT2D eigenvalue weighted by Gasteiger charge is 2.31. The van der Waals surface area contributed by atoms with Gasteiger partial charge in [0.25, 0.3) is 0 Å². The Morgan fingerprint density at radius 3 is 2.69 bits per heavy atom. The SMILES string of the molecule is CNCC(O)c1cccc(OC(F)(F)F)c1. The second-order valence-corrected chi connectivity index (χ2v) is 3.19. The lowest BCUT2D eigenvalue weighted by Crippen LogP contribution is -2.18. The second kappa shape index (κ2) is 5.18. The lowest BCUT2D eigenvalue weighted by molar-refractivity contribution is -0.274. The minimum Gasteiger partial charge on any atom is -0.406 e. The van der Waals surface area contributed by atoms with Gasteiger partial charge in [-0.1, -0.05) is 12.1 Å². The number of halogens is 3. The Hall–Kier alpha value is -1.27. The van der Waals surface area contributed by atoms with E-state index in [1.54, 1.807) is 7.05 Å². The highest BCUT2D eigenvalue weighted by atomic mass is 19.4. The van der Waals surface area contributed by atoms with Gasteiger partial charge in [0.15, 0.2) is 0 Å². The molecule has 0 fully saturated rings. The van der Waals surface area contributed by atoms with Gasteiger partial charge < -0.3 is 15.2 Å². The fourth-order valence-electron chi connectivity index (χ4n) is 1.23. The van der Waals surface area contributed by atoms with Crippen molar-refractivity contribution in [2.45, 2.75) is 12.5 Å². The van der Waals surface area contributed by atoms with Gasteiger partial charge in [-0.15, -0.1) is 13.2 Å². The van der Waals surface area contributed by atoms with Crippen LogP contribution in [-0.2, 0) is 0 Å². The fraction of sp³-hybridized carbons (Fsp3) is 0.400. The standard InChI is InChI=1S/C10H12F3NO2/c1-14-6-9(15)7-3-2-4-8(5-7)16-10(11,12)13/h2-5,9,14-15H,6H2,1H3. The molecule has 0 aliphatic rings. The molecule has 0 aromatic heterocycles. The number of aliphatic hydroxyl groups excluding tert-OH is 1. The fourth-order valence-corrected chi connectivity index (χ4v) is 1.23. The van der Waals surface area contributed by atoms with E-state index >= 15 is 0 Å². The first-order chi connectivity index (χ1) is 7.42. The molecule has 1 atom stereocenters. The van der Waals surface area contributed by atoms with Crippen LogP contribution in [0.2, 0.25) is 0 Å². The van der Waals surface area contributed by atoms with Gasteiger partial charge in [-0.2, -0.15) is 0 Å². The van der Waals surface area contributed by atoms with Gasteiger partial charge in [-0.05, 0) is 24.7 Å². The van der Waals surface area contributed by atoms with E-state index in [1.165, 1.54) is 18.2 Å². The molecule has 2 N–H and O–H groups in total. The van der Waals surface area contributed by atoms with E-state index in [2.05, 4.69) is 10.1 Å². The number of rotatable bonds is 4. The number of hydrogen-bond donors (Lipinski definition) is 2. The summed E-state index contributed by atoms with van der Waals surface area (Å²) in [6, 6.07) is 5.28. The molecule has 0 spiro atoms. The molecule has 1 rings (SSSR count).